The molecule has 0 saturated carbocycles. The van der Waals surface area contributed by atoms with Crippen LogP contribution >= 0.6 is 15.9 Å². The molecule has 0 aromatic heterocycles. The van der Waals surface area contributed by atoms with Crippen LogP contribution in [0.5, 0.6) is 5.75 Å². The van der Waals surface area contributed by atoms with Crippen LogP contribution in [0.4, 0.5) is 5.69 Å². The quantitative estimate of drug-likeness (QED) is 0.447. The molecule has 1 amide bonds. The van der Waals surface area contributed by atoms with Gasteiger partial charge >= 0.3 is 5.69 Å². The summed E-state index contributed by atoms with van der Waals surface area (Å²) < 4.78 is 5.90. The standard InChI is InChI=1S/C17H16BrN3O4/c1-3-25-16-9-8-12(10-15(16)21(23)24)11(2)19-20-17(22)13-6-4-5-7-14(13)18/h4-10H,3H2,1-2H3,(H,20,22)/b19-11+. The SMILES string of the molecule is CCOc1ccc(/C(C)=N/NC(=O)c2ccccc2Br)cc1[N+](=O)[O-]. The smallest absolute Gasteiger partial charge is 0.311 e. The zero-order valence-corrected chi connectivity index (χ0v) is 15.2. The van der Waals surface area contributed by atoms with E-state index in [1.807, 2.05) is 0 Å². The second-order valence-corrected chi connectivity index (χ2v) is 5.84. The van der Waals surface area contributed by atoms with Crippen LogP contribution in [0, 0.1) is 10.1 Å². The molecule has 1 N–H and O–H groups in total. The van der Waals surface area contributed by atoms with Crippen LogP contribution in [0.3, 0.4) is 0 Å². The van der Waals surface area contributed by atoms with Gasteiger partial charge in [0.2, 0.25) is 0 Å². The average Bonchev–Trinajstić information content (AvgIpc) is 2.60. The van der Waals surface area contributed by atoms with Crippen molar-refractivity contribution in [3.63, 3.8) is 0 Å². The second kappa shape index (κ2) is 8.39. The van der Waals surface area contributed by atoms with Gasteiger partial charge in [-0.1, -0.05) is 12.1 Å². The van der Waals surface area contributed by atoms with Crippen molar-refractivity contribution in [2.24, 2.45) is 5.10 Å². The number of hydrazone groups is 1. The van der Waals surface area contributed by atoms with Gasteiger partial charge in [-0.25, -0.2) is 5.43 Å². The maximum atomic E-state index is 12.1. The molecule has 130 valence electrons. The summed E-state index contributed by atoms with van der Waals surface area (Å²) in [5.74, 6) is -0.187. The van der Waals surface area contributed by atoms with Crippen LogP contribution in [-0.4, -0.2) is 23.1 Å². The van der Waals surface area contributed by atoms with Gasteiger partial charge in [-0.3, -0.25) is 14.9 Å². The highest BCUT2D eigenvalue weighted by molar-refractivity contribution is 9.10. The normalized spacial score (nSPS) is 11.1. The zero-order chi connectivity index (χ0) is 18.4. The average molecular weight is 406 g/mol. The molecule has 0 bridgehead atoms. The molecule has 2 aromatic rings. The van der Waals surface area contributed by atoms with Crippen LogP contribution in [0.1, 0.15) is 29.8 Å². The Morgan fingerprint density at radius 3 is 2.68 bits per heavy atom. The van der Waals surface area contributed by atoms with E-state index in [0.717, 1.165) is 0 Å². The van der Waals surface area contributed by atoms with Gasteiger partial charge in [0, 0.05) is 16.1 Å². The third kappa shape index (κ3) is 4.63. The van der Waals surface area contributed by atoms with Gasteiger partial charge in [0.15, 0.2) is 5.75 Å². The highest BCUT2D eigenvalue weighted by Gasteiger charge is 2.17. The Labute approximate surface area is 153 Å². The minimum absolute atomic E-state index is 0.147. The number of nitro benzene ring substituents is 1. The lowest BCUT2D eigenvalue weighted by Crippen LogP contribution is -2.19. The summed E-state index contributed by atoms with van der Waals surface area (Å²) in [7, 11) is 0. The third-order valence-electron chi connectivity index (χ3n) is 3.32. The van der Waals surface area contributed by atoms with Crippen LogP contribution in [0.15, 0.2) is 52.0 Å². The Kier molecular flexibility index (Phi) is 6.24. The molecule has 0 unspecified atom stereocenters. The van der Waals surface area contributed by atoms with E-state index in [1.165, 1.54) is 12.1 Å². The maximum Gasteiger partial charge on any atom is 0.311 e. The molecule has 0 aliphatic carbocycles. The lowest BCUT2D eigenvalue weighted by Gasteiger charge is -2.07. The molecule has 2 rings (SSSR count). The number of ether oxygens (including phenoxy) is 1. The number of rotatable bonds is 6. The number of carbonyl (C=O) groups excluding carboxylic acids is 1. The van der Waals surface area contributed by atoms with Crippen LogP contribution in [0.25, 0.3) is 0 Å². The molecule has 0 aliphatic rings. The summed E-state index contributed by atoms with van der Waals surface area (Å²) in [5, 5.41) is 15.2. The first-order valence-corrected chi connectivity index (χ1v) is 8.24. The van der Waals surface area contributed by atoms with Crippen molar-refractivity contribution < 1.29 is 14.5 Å². The lowest BCUT2D eigenvalue weighted by atomic mass is 10.1. The van der Waals surface area contributed by atoms with Gasteiger partial charge in [0.1, 0.15) is 0 Å². The van der Waals surface area contributed by atoms with E-state index in [-0.39, 0.29) is 17.3 Å². The van der Waals surface area contributed by atoms with E-state index in [9.17, 15) is 14.9 Å². The third-order valence-corrected chi connectivity index (χ3v) is 4.01. The topological polar surface area (TPSA) is 93.8 Å². The highest BCUT2D eigenvalue weighted by atomic mass is 79.9. The first-order valence-electron chi connectivity index (χ1n) is 7.44. The van der Waals surface area contributed by atoms with Crippen molar-refractivity contribution >= 4 is 33.2 Å². The fourth-order valence-electron chi connectivity index (χ4n) is 2.07. The molecule has 0 heterocycles. The van der Waals surface area contributed by atoms with E-state index in [0.29, 0.717) is 27.9 Å². The summed E-state index contributed by atoms with van der Waals surface area (Å²) in [4.78, 5) is 22.8. The number of amides is 1. The summed E-state index contributed by atoms with van der Waals surface area (Å²) in [6.45, 7) is 3.73. The van der Waals surface area contributed by atoms with E-state index in [1.54, 1.807) is 44.2 Å². The van der Waals surface area contributed by atoms with E-state index >= 15 is 0 Å². The summed E-state index contributed by atoms with van der Waals surface area (Å²) in [6.07, 6.45) is 0. The molecule has 25 heavy (non-hydrogen) atoms. The largest absolute Gasteiger partial charge is 0.487 e. The predicted octanol–water partition coefficient (Wildman–Crippen LogP) is 3.91. The first kappa shape index (κ1) is 18.6. The number of carbonyl (C=O) groups is 1. The minimum atomic E-state index is -0.512. The van der Waals surface area contributed by atoms with E-state index in [4.69, 9.17) is 4.74 Å². The minimum Gasteiger partial charge on any atom is -0.487 e. The van der Waals surface area contributed by atoms with Crippen molar-refractivity contribution in [2.45, 2.75) is 13.8 Å². The molecule has 0 saturated heterocycles. The molecule has 0 fully saturated rings. The fourth-order valence-corrected chi connectivity index (χ4v) is 2.53. The number of halogens is 1. The van der Waals surface area contributed by atoms with Gasteiger partial charge in [-0.05, 0) is 54.0 Å². The maximum absolute atomic E-state index is 12.1. The summed E-state index contributed by atoms with van der Waals surface area (Å²) >= 11 is 3.30. The van der Waals surface area contributed by atoms with Gasteiger partial charge in [0.25, 0.3) is 5.91 Å². The molecule has 2 aromatic carbocycles. The number of hydrogen-bond acceptors (Lipinski definition) is 5. The fraction of sp³-hybridized carbons (Fsp3) is 0.176. The lowest BCUT2D eigenvalue weighted by molar-refractivity contribution is -0.385. The molecular weight excluding hydrogens is 390 g/mol. The Hall–Kier alpha value is -2.74. The molecule has 0 spiro atoms. The van der Waals surface area contributed by atoms with Crippen LogP contribution in [0.2, 0.25) is 0 Å². The molecule has 0 aliphatic heterocycles. The van der Waals surface area contributed by atoms with Crippen LogP contribution < -0.4 is 10.2 Å². The number of nitrogens with zero attached hydrogens (tertiary/aromatic N) is 2. The van der Waals surface area contributed by atoms with E-state index < -0.39 is 4.92 Å². The zero-order valence-electron chi connectivity index (χ0n) is 13.7. The van der Waals surface area contributed by atoms with Crippen molar-refractivity contribution in [1.29, 1.82) is 0 Å². The Morgan fingerprint density at radius 1 is 1.32 bits per heavy atom. The van der Waals surface area contributed by atoms with Crippen LogP contribution in [-0.2, 0) is 0 Å². The van der Waals surface area contributed by atoms with Gasteiger partial charge < -0.3 is 4.74 Å². The van der Waals surface area contributed by atoms with Crippen molar-refractivity contribution in [1.82, 2.24) is 5.43 Å². The molecule has 8 heteroatoms. The number of benzene rings is 2. The first-order chi connectivity index (χ1) is 11.9. The summed E-state index contributed by atoms with van der Waals surface area (Å²) in [5.41, 5.74) is 3.69. The van der Waals surface area contributed by atoms with Crippen molar-refractivity contribution in [3.8, 4) is 5.75 Å². The molecule has 0 atom stereocenters. The second-order valence-electron chi connectivity index (χ2n) is 4.99. The number of nitro groups is 1. The molecule has 7 nitrogen and oxygen atoms in total. The predicted molar refractivity (Wildman–Crippen MR) is 98.1 cm³/mol. The Morgan fingerprint density at radius 2 is 2.04 bits per heavy atom. The highest BCUT2D eigenvalue weighted by Crippen LogP contribution is 2.28. The Balaban J connectivity index is 2.22. The molecular formula is C17H16BrN3O4. The van der Waals surface area contributed by atoms with Crippen molar-refractivity contribution in [3.05, 3.63) is 68.2 Å². The Bertz CT molecular complexity index is 836. The number of hydrogen-bond donors (Lipinski definition) is 1. The van der Waals surface area contributed by atoms with E-state index in [2.05, 4.69) is 26.5 Å². The van der Waals surface area contributed by atoms with Crippen molar-refractivity contribution in [2.75, 3.05) is 6.61 Å². The monoisotopic (exact) mass is 405 g/mol. The molecule has 0 radical (unpaired) electrons. The van der Waals surface area contributed by atoms with Gasteiger partial charge in [-0.2, -0.15) is 5.10 Å². The summed E-state index contributed by atoms with van der Waals surface area (Å²) in [6, 6.07) is 11.5. The number of nitrogens with one attached hydrogen (secondary N) is 1. The van der Waals surface area contributed by atoms with Gasteiger partial charge in [-0.15, -0.1) is 0 Å². The van der Waals surface area contributed by atoms with Gasteiger partial charge in [0.05, 0.1) is 22.8 Å².